The normalized spacial score (nSPS) is 11.6. The highest BCUT2D eigenvalue weighted by molar-refractivity contribution is 5.46. The van der Waals surface area contributed by atoms with Gasteiger partial charge in [-0.3, -0.25) is 0 Å². The first-order valence-electron chi connectivity index (χ1n) is 6.20. The lowest BCUT2D eigenvalue weighted by Gasteiger charge is -2.15. The maximum Gasteiger partial charge on any atom is 0.145 e. The molecule has 0 saturated heterocycles. The van der Waals surface area contributed by atoms with E-state index in [9.17, 15) is 5.11 Å². The number of aliphatic hydroxyl groups excluding tert-OH is 1. The van der Waals surface area contributed by atoms with E-state index >= 15 is 0 Å². The molecule has 2 rings (SSSR count). The van der Waals surface area contributed by atoms with Crippen LogP contribution in [-0.2, 0) is 0 Å². The third-order valence-electron chi connectivity index (χ3n) is 2.89. The molecule has 0 heterocycles. The predicted octanol–water partition coefficient (Wildman–Crippen LogP) is 3.79. The number of hydrogen-bond donors (Lipinski definition) is 1. The Morgan fingerprint density at radius 2 is 1.74 bits per heavy atom. The van der Waals surface area contributed by atoms with Crippen molar-refractivity contribution in [3.63, 3.8) is 0 Å². The van der Waals surface area contributed by atoms with Crippen LogP contribution in [0.1, 0.15) is 30.6 Å². The van der Waals surface area contributed by atoms with E-state index in [1.807, 2.05) is 31.2 Å². The number of benzene rings is 2. The molecule has 0 bridgehead atoms. The van der Waals surface area contributed by atoms with Crippen molar-refractivity contribution in [2.75, 3.05) is 0 Å². The van der Waals surface area contributed by atoms with Gasteiger partial charge in [0.05, 0.1) is 11.7 Å². The van der Waals surface area contributed by atoms with Crippen LogP contribution in [0.25, 0.3) is 0 Å². The van der Waals surface area contributed by atoms with Gasteiger partial charge in [0, 0.05) is 5.56 Å². The Balaban J connectivity index is 2.36. The Morgan fingerprint density at radius 3 is 2.42 bits per heavy atom. The molecule has 0 saturated carbocycles. The Bertz CT molecular complexity index is 602. The van der Waals surface area contributed by atoms with E-state index in [0.717, 1.165) is 5.56 Å². The summed E-state index contributed by atoms with van der Waals surface area (Å²) in [7, 11) is 0. The van der Waals surface area contributed by atoms with Gasteiger partial charge in [0.25, 0.3) is 0 Å². The van der Waals surface area contributed by atoms with Crippen LogP contribution in [0.15, 0.2) is 48.5 Å². The molecule has 0 aliphatic carbocycles. The first-order chi connectivity index (χ1) is 9.26. The molecule has 3 nitrogen and oxygen atoms in total. The molecule has 0 aliphatic heterocycles. The van der Waals surface area contributed by atoms with E-state index in [1.165, 1.54) is 0 Å². The third kappa shape index (κ3) is 2.93. The van der Waals surface area contributed by atoms with E-state index in [4.69, 9.17) is 10.00 Å². The molecule has 1 unspecified atom stereocenters. The Morgan fingerprint density at radius 1 is 1.11 bits per heavy atom. The van der Waals surface area contributed by atoms with Gasteiger partial charge in [0.1, 0.15) is 17.6 Å². The molecule has 19 heavy (non-hydrogen) atoms. The second-order valence-electron chi connectivity index (χ2n) is 4.17. The minimum atomic E-state index is -0.564. The van der Waals surface area contributed by atoms with Gasteiger partial charge >= 0.3 is 0 Å². The Labute approximate surface area is 112 Å². The lowest BCUT2D eigenvalue weighted by Crippen LogP contribution is -1.99. The summed E-state index contributed by atoms with van der Waals surface area (Å²) in [4.78, 5) is 0. The topological polar surface area (TPSA) is 53.2 Å². The molecule has 0 fully saturated rings. The van der Waals surface area contributed by atoms with Gasteiger partial charge in [-0.05, 0) is 24.6 Å². The van der Waals surface area contributed by atoms with Crippen LogP contribution in [-0.4, -0.2) is 5.11 Å². The lowest BCUT2D eigenvalue weighted by atomic mass is 10.1. The lowest BCUT2D eigenvalue weighted by molar-refractivity contribution is 0.170. The summed E-state index contributed by atoms with van der Waals surface area (Å²) in [5.41, 5.74) is 1.21. The number of nitrogens with zero attached hydrogens (tertiary/aromatic N) is 1. The molecule has 2 aromatic carbocycles. The monoisotopic (exact) mass is 253 g/mol. The summed E-state index contributed by atoms with van der Waals surface area (Å²) in [6, 6.07) is 16.5. The van der Waals surface area contributed by atoms with Crippen molar-refractivity contribution in [3.8, 4) is 17.6 Å². The molecule has 0 aliphatic rings. The number of rotatable bonds is 4. The molecular weight excluding hydrogens is 238 g/mol. The van der Waals surface area contributed by atoms with Crippen molar-refractivity contribution in [1.29, 1.82) is 5.26 Å². The number of ether oxygens (including phenoxy) is 1. The zero-order chi connectivity index (χ0) is 13.7. The number of nitriles is 1. The summed E-state index contributed by atoms with van der Waals surface area (Å²) in [6.45, 7) is 1.91. The molecule has 96 valence electrons. The van der Waals surface area contributed by atoms with Gasteiger partial charge in [-0.1, -0.05) is 37.3 Å². The highest BCUT2D eigenvalue weighted by Gasteiger charge is 2.12. The zero-order valence-electron chi connectivity index (χ0n) is 10.7. The van der Waals surface area contributed by atoms with Gasteiger partial charge in [-0.25, -0.2) is 0 Å². The minimum absolute atomic E-state index is 0.475. The second kappa shape index (κ2) is 6.03. The summed E-state index contributed by atoms with van der Waals surface area (Å²) >= 11 is 0. The quantitative estimate of drug-likeness (QED) is 0.901. The van der Waals surface area contributed by atoms with Crippen LogP contribution in [0.5, 0.6) is 11.5 Å². The zero-order valence-corrected chi connectivity index (χ0v) is 10.7. The number of para-hydroxylation sites is 2. The van der Waals surface area contributed by atoms with Gasteiger partial charge in [0.2, 0.25) is 0 Å². The smallest absolute Gasteiger partial charge is 0.145 e. The van der Waals surface area contributed by atoms with Gasteiger partial charge < -0.3 is 9.84 Å². The standard InChI is InChI=1S/C16H15NO2/c1-2-14(18)13-8-4-6-10-16(13)19-15-9-5-3-7-12(15)11-17/h3-10,14,18H,2H2,1H3. The SMILES string of the molecule is CCC(O)c1ccccc1Oc1ccccc1C#N. The third-order valence-corrected chi connectivity index (χ3v) is 2.89. The van der Waals surface area contributed by atoms with Gasteiger partial charge in [-0.2, -0.15) is 5.26 Å². The van der Waals surface area contributed by atoms with Crippen molar-refractivity contribution in [2.24, 2.45) is 0 Å². The van der Waals surface area contributed by atoms with E-state index in [1.54, 1.807) is 24.3 Å². The maximum atomic E-state index is 9.97. The minimum Gasteiger partial charge on any atom is -0.456 e. The molecule has 2 aromatic rings. The highest BCUT2D eigenvalue weighted by Crippen LogP contribution is 2.32. The first kappa shape index (κ1) is 13.1. The summed E-state index contributed by atoms with van der Waals surface area (Å²) in [5.74, 6) is 1.08. The molecule has 0 amide bonds. The fourth-order valence-electron chi connectivity index (χ4n) is 1.84. The largest absolute Gasteiger partial charge is 0.456 e. The van der Waals surface area contributed by atoms with Crippen LogP contribution in [0.4, 0.5) is 0 Å². The fraction of sp³-hybridized carbons (Fsp3) is 0.188. The van der Waals surface area contributed by atoms with Gasteiger partial charge in [0.15, 0.2) is 0 Å². The molecular formula is C16H15NO2. The second-order valence-corrected chi connectivity index (χ2v) is 4.17. The summed E-state index contributed by atoms with van der Waals surface area (Å²) in [5, 5.41) is 19.0. The summed E-state index contributed by atoms with van der Waals surface area (Å²) in [6.07, 6.45) is 0.0470. The number of aliphatic hydroxyl groups is 1. The average molecular weight is 253 g/mol. The highest BCUT2D eigenvalue weighted by atomic mass is 16.5. The molecule has 3 heteroatoms. The van der Waals surface area contributed by atoms with Gasteiger partial charge in [-0.15, -0.1) is 0 Å². The van der Waals surface area contributed by atoms with E-state index in [2.05, 4.69) is 6.07 Å². The predicted molar refractivity (Wildman–Crippen MR) is 72.9 cm³/mol. The first-order valence-corrected chi connectivity index (χ1v) is 6.20. The van der Waals surface area contributed by atoms with Crippen molar-refractivity contribution in [2.45, 2.75) is 19.4 Å². The molecule has 1 atom stereocenters. The maximum absolute atomic E-state index is 9.97. The van der Waals surface area contributed by atoms with Crippen molar-refractivity contribution in [1.82, 2.24) is 0 Å². The van der Waals surface area contributed by atoms with Crippen LogP contribution in [0.2, 0.25) is 0 Å². The van der Waals surface area contributed by atoms with Crippen LogP contribution >= 0.6 is 0 Å². The Hall–Kier alpha value is -2.31. The summed E-state index contributed by atoms with van der Waals surface area (Å²) < 4.78 is 5.77. The van der Waals surface area contributed by atoms with E-state index in [0.29, 0.717) is 23.5 Å². The van der Waals surface area contributed by atoms with E-state index in [-0.39, 0.29) is 0 Å². The number of hydrogen-bond acceptors (Lipinski definition) is 3. The van der Waals surface area contributed by atoms with E-state index < -0.39 is 6.10 Å². The van der Waals surface area contributed by atoms with Crippen LogP contribution in [0.3, 0.4) is 0 Å². The average Bonchev–Trinajstić information content (AvgIpc) is 2.47. The van der Waals surface area contributed by atoms with Crippen LogP contribution < -0.4 is 4.74 Å². The molecule has 0 aromatic heterocycles. The molecule has 1 N–H and O–H groups in total. The molecule has 0 radical (unpaired) electrons. The fourth-order valence-corrected chi connectivity index (χ4v) is 1.84. The molecule has 0 spiro atoms. The van der Waals surface area contributed by atoms with Crippen molar-refractivity contribution in [3.05, 3.63) is 59.7 Å². The van der Waals surface area contributed by atoms with Crippen LogP contribution in [0, 0.1) is 11.3 Å². The van der Waals surface area contributed by atoms with Crippen molar-refractivity contribution < 1.29 is 9.84 Å². The van der Waals surface area contributed by atoms with Crippen molar-refractivity contribution >= 4 is 0 Å². The Kier molecular flexibility index (Phi) is 4.17.